The molecule has 0 aliphatic rings. The molecular weight excluding hydrogens is 298 g/mol. The predicted molar refractivity (Wildman–Crippen MR) is 76.7 cm³/mol. The summed E-state index contributed by atoms with van der Waals surface area (Å²) in [7, 11) is 0. The highest BCUT2D eigenvalue weighted by molar-refractivity contribution is 9.10. The monoisotopic (exact) mass is 313 g/mol. The van der Waals surface area contributed by atoms with Crippen LogP contribution in [0.4, 0.5) is 0 Å². The Kier molecular flexibility index (Phi) is 5.08. The molecule has 0 aliphatic heterocycles. The fraction of sp³-hybridized carbons (Fsp3) is 0.385. The number of hydrogen-bond acceptors (Lipinski definition) is 2. The molecule has 0 heterocycles. The van der Waals surface area contributed by atoms with Crippen LogP contribution in [0.1, 0.15) is 32.4 Å². The standard InChI is InChI=1S/C13H16BrNOS/c1-5-12(15-17(16)13(2,3)4)10-6-8-11(14)9-7-10/h1,6-9,12,15H,2-4H3/t12-,17-/m1/s1. The van der Waals surface area contributed by atoms with Gasteiger partial charge in [0.15, 0.2) is 0 Å². The van der Waals surface area contributed by atoms with Gasteiger partial charge in [0.1, 0.15) is 10.8 Å². The second kappa shape index (κ2) is 5.92. The molecule has 0 amide bonds. The van der Waals surface area contributed by atoms with Gasteiger partial charge >= 0.3 is 0 Å². The van der Waals surface area contributed by atoms with Gasteiger partial charge in [0, 0.05) is 15.8 Å². The van der Waals surface area contributed by atoms with Crippen molar-refractivity contribution in [1.82, 2.24) is 4.72 Å². The van der Waals surface area contributed by atoms with E-state index in [1.54, 1.807) is 0 Å². The Morgan fingerprint density at radius 3 is 2.29 bits per heavy atom. The topological polar surface area (TPSA) is 35.1 Å². The average molecular weight is 314 g/mol. The molecule has 1 aromatic rings. The number of benzene rings is 1. The lowest BCUT2D eigenvalue weighted by Gasteiger charge is -2.26. The third-order valence-electron chi connectivity index (χ3n) is 2.15. The summed E-state index contributed by atoms with van der Waals surface area (Å²) in [6.45, 7) is 5.72. The largest absolute Gasteiger partial charge is 0.598 e. The van der Waals surface area contributed by atoms with Gasteiger partial charge in [-0.25, -0.2) is 0 Å². The van der Waals surface area contributed by atoms with E-state index in [-0.39, 0.29) is 10.8 Å². The van der Waals surface area contributed by atoms with Crippen LogP contribution in [0, 0.1) is 12.3 Å². The molecular formula is C13H16BrNOS. The van der Waals surface area contributed by atoms with E-state index >= 15 is 0 Å². The van der Waals surface area contributed by atoms with Crippen LogP contribution in [0.2, 0.25) is 0 Å². The van der Waals surface area contributed by atoms with Gasteiger partial charge in [-0.3, -0.25) is 0 Å². The van der Waals surface area contributed by atoms with E-state index in [4.69, 9.17) is 6.42 Å². The van der Waals surface area contributed by atoms with Crippen LogP contribution in [-0.2, 0) is 11.4 Å². The Morgan fingerprint density at radius 1 is 1.35 bits per heavy atom. The molecule has 0 aliphatic carbocycles. The summed E-state index contributed by atoms with van der Waals surface area (Å²) >= 11 is 2.19. The van der Waals surface area contributed by atoms with E-state index in [1.807, 2.05) is 45.0 Å². The highest BCUT2D eigenvalue weighted by Crippen LogP contribution is 2.21. The van der Waals surface area contributed by atoms with Gasteiger partial charge in [-0.15, -0.1) is 11.1 Å². The first kappa shape index (κ1) is 14.6. The first-order valence-corrected chi connectivity index (χ1v) is 7.18. The summed E-state index contributed by atoms with van der Waals surface area (Å²) in [6, 6.07) is 7.34. The fourth-order valence-corrected chi connectivity index (χ4v) is 2.17. The van der Waals surface area contributed by atoms with Crippen LogP contribution in [0.25, 0.3) is 0 Å². The molecule has 17 heavy (non-hydrogen) atoms. The van der Waals surface area contributed by atoms with Crippen LogP contribution < -0.4 is 4.72 Å². The second-order valence-corrected chi connectivity index (χ2v) is 7.56. The number of terminal acetylenes is 1. The maximum absolute atomic E-state index is 12.0. The highest BCUT2D eigenvalue weighted by Gasteiger charge is 2.29. The zero-order valence-electron chi connectivity index (χ0n) is 10.2. The summed E-state index contributed by atoms with van der Waals surface area (Å²) in [5.74, 6) is 2.62. The Labute approximate surface area is 115 Å². The van der Waals surface area contributed by atoms with E-state index in [0.717, 1.165) is 10.0 Å². The van der Waals surface area contributed by atoms with Crippen molar-refractivity contribution in [2.45, 2.75) is 31.6 Å². The zero-order chi connectivity index (χ0) is 13.1. The molecule has 1 aromatic carbocycles. The van der Waals surface area contributed by atoms with E-state index in [9.17, 15) is 4.55 Å². The molecule has 2 nitrogen and oxygen atoms in total. The van der Waals surface area contributed by atoms with Crippen molar-refractivity contribution in [3.05, 3.63) is 34.3 Å². The first-order valence-electron chi connectivity index (χ1n) is 5.24. The van der Waals surface area contributed by atoms with Crippen LogP contribution in [0.5, 0.6) is 0 Å². The van der Waals surface area contributed by atoms with Crippen molar-refractivity contribution < 1.29 is 4.55 Å². The molecule has 0 aromatic heterocycles. The van der Waals surface area contributed by atoms with E-state index in [0.29, 0.717) is 0 Å². The lowest BCUT2D eigenvalue weighted by molar-refractivity contribution is 0.539. The summed E-state index contributed by atoms with van der Waals surface area (Å²) in [5, 5.41) is 0. The van der Waals surface area contributed by atoms with Crippen molar-refractivity contribution in [3.8, 4) is 12.3 Å². The van der Waals surface area contributed by atoms with E-state index in [1.165, 1.54) is 0 Å². The van der Waals surface area contributed by atoms with Crippen LogP contribution >= 0.6 is 15.9 Å². The third-order valence-corrected chi connectivity index (χ3v) is 4.24. The maximum Gasteiger partial charge on any atom is 0.138 e. The van der Waals surface area contributed by atoms with Crippen LogP contribution in [0.15, 0.2) is 28.7 Å². The van der Waals surface area contributed by atoms with Gasteiger partial charge in [-0.1, -0.05) is 34.0 Å². The van der Waals surface area contributed by atoms with E-state index < -0.39 is 11.4 Å². The van der Waals surface area contributed by atoms with Gasteiger partial charge in [0.2, 0.25) is 0 Å². The first-order chi connectivity index (χ1) is 7.84. The molecule has 0 radical (unpaired) electrons. The molecule has 0 bridgehead atoms. The zero-order valence-corrected chi connectivity index (χ0v) is 12.6. The molecule has 0 saturated heterocycles. The van der Waals surface area contributed by atoms with Crippen molar-refractivity contribution in [3.63, 3.8) is 0 Å². The van der Waals surface area contributed by atoms with Crippen molar-refractivity contribution in [2.75, 3.05) is 0 Å². The molecule has 0 saturated carbocycles. The van der Waals surface area contributed by atoms with Gasteiger partial charge in [-0.2, -0.15) is 0 Å². The van der Waals surface area contributed by atoms with Crippen molar-refractivity contribution in [1.29, 1.82) is 0 Å². The Bertz CT molecular complexity index is 405. The quantitative estimate of drug-likeness (QED) is 0.687. The summed E-state index contributed by atoms with van der Waals surface area (Å²) in [6.07, 6.45) is 5.48. The molecule has 0 spiro atoms. The van der Waals surface area contributed by atoms with Crippen molar-refractivity contribution >= 4 is 27.3 Å². The minimum atomic E-state index is -1.18. The number of halogens is 1. The normalized spacial score (nSPS) is 15.1. The highest BCUT2D eigenvalue weighted by atomic mass is 79.9. The SMILES string of the molecule is C#C[C@@H](N[S@+]([O-])C(C)(C)C)c1ccc(Br)cc1. The summed E-state index contributed by atoms with van der Waals surface area (Å²) in [4.78, 5) is 0. The average Bonchev–Trinajstić information content (AvgIpc) is 2.25. The number of hydrogen-bond donors (Lipinski definition) is 1. The Hall–Kier alpha value is -0.470. The smallest absolute Gasteiger partial charge is 0.138 e. The fourth-order valence-electron chi connectivity index (χ4n) is 1.14. The minimum absolute atomic E-state index is 0.329. The van der Waals surface area contributed by atoms with Crippen LogP contribution in [-0.4, -0.2) is 9.30 Å². The molecule has 92 valence electrons. The van der Waals surface area contributed by atoms with E-state index in [2.05, 4.69) is 26.6 Å². The van der Waals surface area contributed by atoms with Crippen molar-refractivity contribution in [2.24, 2.45) is 0 Å². The second-order valence-electron chi connectivity index (χ2n) is 4.65. The molecule has 0 unspecified atom stereocenters. The van der Waals surface area contributed by atoms with Gasteiger partial charge in [0.25, 0.3) is 0 Å². The minimum Gasteiger partial charge on any atom is -0.598 e. The number of rotatable bonds is 3. The number of nitrogens with one attached hydrogen (secondary N) is 1. The molecule has 4 heteroatoms. The Morgan fingerprint density at radius 2 is 1.88 bits per heavy atom. The summed E-state index contributed by atoms with van der Waals surface area (Å²) in [5.41, 5.74) is 0.938. The Balaban J connectivity index is 2.80. The third kappa shape index (κ3) is 4.36. The maximum atomic E-state index is 12.0. The predicted octanol–water partition coefficient (Wildman–Crippen LogP) is 3.18. The molecule has 0 fully saturated rings. The molecule has 2 atom stereocenters. The summed E-state index contributed by atoms with van der Waals surface area (Å²) < 4.78 is 15.6. The van der Waals surface area contributed by atoms with Gasteiger partial charge in [-0.05, 0) is 38.5 Å². The van der Waals surface area contributed by atoms with Gasteiger partial charge in [0.05, 0.1) is 0 Å². The van der Waals surface area contributed by atoms with Crippen LogP contribution in [0.3, 0.4) is 0 Å². The lowest BCUT2D eigenvalue weighted by atomic mass is 10.1. The molecule has 1 N–H and O–H groups in total. The lowest BCUT2D eigenvalue weighted by Crippen LogP contribution is -2.40. The molecule has 1 rings (SSSR count). The van der Waals surface area contributed by atoms with Gasteiger partial charge < -0.3 is 4.55 Å².